The number of nitrogens with two attached hydrogens (primary N) is 1. The highest BCUT2D eigenvalue weighted by molar-refractivity contribution is 5.61. The fourth-order valence-corrected chi connectivity index (χ4v) is 1.03. The first-order valence-corrected chi connectivity index (χ1v) is 4.31. The van der Waals surface area contributed by atoms with Gasteiger partial charge in [0.1, 0.15) is 5.82 Å². The van der Waals surface area contributed by atoms with Crippen LogP contribution in [0.25, 0.3) is 0 Å². The molecule has 0 atom stereocenters. The predicted molar refractivity (Wildman–Crippen MR) is 56.7 cm³/mol. The van der Waals surface area contributed by atoms with Crippen molar-refractivity contribution in [2.45, 2.75) is 13.3 Å². The van der Waals surface area contributed by atoms with Crippen LogP contribution in [0.4, 0.5) is 11.5 Å². The Morgan fingerprint density at radius 1 is 1.69 bits per heavy atom. The molecule has 0 bridgehead atoms. The fourth-order valence-electron chi connectivity index (χ4n) is 1.03. The Kier molecular flexibility index (Phi) is 3.31. The molecule has 0 spiro atoms. The lowest BCUT2D eigenvalue weighted by atomic mass is 10.3. The summed E-state index contributed by atoms with van der Waals surface area (Å²) in [6.45, 7) is 6.43. The average Bonchev–Trinajstić information content (AvgIpc) is 2.09. The molecule has 0 aliphatic carbocycles. The molecular weight excluding hydrogens is 162 g/mol. The van der Waals surface area contributed by atoms with Gasteiger partial charge in [-0.15, -0.1) is 6.58 Å². The number of pyridine rings is 1. The molecule has 0 radical (unpaired) electrons. The topological polar surface area (TPSA) is 50.9 Å². The van der Waals surface area contributed by atoms with Gasteiger partial charge < -0.3 is 11.1 Å². The first-order chi connectivity index (χ1) is 6.24. The van der Waals surface area contributed by atoms with Crippen LogP contribution in [0.3, 0.4) is 0 Å². The molecule has 1 rings (SSSR count). The minimum Gasteiger partial charge on any atom is -0.396 e. The van der Waals surface area contributed by atoms with Crippen molar-refractivity contribution in [3.8, 4) is 0 Å². The number of nitrogens with zero attached hydrogens (tertiary/aromatic N) is 1. The van der Waals surface area contributed by atoms with Crippen molar-refractivity contribution in [2.24, 2.45) is 0 Å². The number of hydrogen-bond donors (Lipinski definition) is 2. The van der Waals surface area contributed by atoms with Crippen molar-refractivity contribution in [1.82, 2.24) is 4.98 Å². The Labute approximate surface area is 78.7 Å². The van der Waals surface area contributed by atoms with Crippen molar-refractivity contribution in [3.63, 3.8) is 0 Å². The third-order valence-corrected chi connectivity index (χ3v) is 1.69. The Balaban J connectivity index is 2.61. The number of anilines is 2. The smallest absolute Gasteiger partial charge is 0.149 e. The highest BCUT2D eigenvalue weighted by atomic mass is 15.0. The Hall–Kier alpha value is -1.51. The number of nitrogens with one attached hydrogen (secondary N) is 1. The summed E-state index contributed by atoms with van der Waals surface area (Å²) in [6, 6.07) is 1.91. The average molecular weight is 177 g/mol. The van der Waals surface area contributed by atoms with Crippen LogP contribution in [0.2, 0.25) is 0 Å². The van der Waals surface area contributed by atoms with Gasteiger partial charge in [0.2, 0.25) is 0 Å². The van der Waals surface area contributed by atoms with Gasteiger partial charge in [-0.1, -0.05) is 6.08 Å². The maximum absolute atomic E-state index is 5.75. The molecule has 3 nitrogen and oxygen atoms in total. The fraction of sp³-hybridized carbons (Fsp3) is 0.300. The molecule has 3 N–H and O–H groups in total. The van der Waals surface area contributed by atoms with Gasteiger partial charge in [-0.3, -0.25) is 0 Å². The molecule has 1 aromatic heterocycles. The zero-order chi connectivity index (χ0) is 9.68. The van der Waals surface area contributed by atoms with E-state index in [9.17, 15) is 0 Å². The first kappa shape index (κ1) is 9.58. The van der Waals surface area contributed by atoms with E-state index in [1.807, 2.05) is 19.1 Å². The molecule has 0 fully saturated rings. The highest BCUT2D eigenvalue weighted by Crippen LogP contribution is 2.15. The van der Waals surface area contributed by atoms with Gasteiger partial charge in [-0.2, -0.15) is 0 Å². The Morgan fingerprint density at radius 2 is 2.46 bits per heavy atom. The normalized spacial score (nSPS) is 9.62. The van der Waals surface area contributed by atoms with Crippen LogP contribution in [0, 0.1) is 6.92 Å². The van der Waals surface area contributed by atoms with Crippen molar-refractivity contribution in [2.75, 3.05) is 17.6 Å². The number of rotatable bonds is 4. The summed E-state index contributed by atoms with van der Waals surface area (Å²) in [5.74, 6) is 0.757. The number of aromatic nitrogens is 1. The molecule has 0 saturated carbocycles. The number of nitrogen functional groups attached to an aromatic ring is 1. The summed E-state index contributed by atoms with van der Waals surface area (Å²) in [6.07, 6.45) is 4.57. The lowest BCUT2D eigenvalue weighted by molar-refractivity contribution is 1.05. The van der Waals surface area contributed by atoms with Gasteiger partial charge in [0.05, 0.1) is 5.69 Å². The summed E-state index contributed by atoms with van der Waals surface area (Å²) in [5.41, 5.74) is 7.53. The van der Waals surface area contributed by atoms with Crippen LogP contribution >= 0.6 is 0 Å². The molecule has 1 aromatic rings. The van der Waals surface area contributed by atoms with E-state index in [2.05, 4.69) is 16.9 Å². The Bertz CT molecular complexity index is 294. The molecular formula is C10H15N3. The summed E-state index contributed by atoms with van der Waals surface area (Å²) in [7, 11) is 0. The zero-order valence-electron chi connectivity index (χ0n) is 7.88. The molecule has 0 aliphatic rings. The molecule has 0 unspecified atom stereocenters. The van der Waals surface area contributed by atoms with Crippen LogP contribution in [-0.4, -0.2) is 11.5 Å². The molecule has 0 amide bonds. The third kappa shape index (κ3) is 2.78. The van der Waals surface area contributed by atoms with Crippen LogP contribution in [0.15, 0.2) is 24.9 Å². The molecule has 0 aromatic carbocycles. The standard InChI is InChI=1S/C10H15N3/c1-3-4-5-12-10-9(11)6-8(2)7-13-10/h3,6-7H,1,4-5,11H2,2H3,(H,12,13). The summed E-state index contributed by atoms with van der Waals surface area (Å²) in [5, 5.41) is 3.13. The van der Waals surface area contributed by atoms with E-state index >= 15 is 0 Å². The maximum Gasteiger partial charge on any atom is 0.149 e. The molecule has 13 heavy (non-hydrogen) atoms. The van der Waals surface area contributed by atoms with Gasteiger partial charge >= 0.3 is 0 Å². The summed E-state index contributed by atoms with van der Waals surface area (Å²) < 4.78 is 0. The van der Waals surface area contributed by atoms with Gasteiger partial charge in [-0.25, -0.2) is 4.98 Å². The minimum absolute atomic E-state index is 0.698. The van der Waals surface area contributed by atoms with Crippen LogP contribution < -0.4 is 11.1 Å². The SMILES string of the molecule is C=CCCNc1ncc(C)cc1N. The van der Waals surface area contributed by atoms with Crippen LogP contribution in [0.1, 0.15) is 12.0 Å². The summed E-state index contributed by atoms with van der Waals surface area (Å²) in [4.78, 5) is 4.18. The van der Waals surface area contributed by atoms with Gasteiger partial charge in [0.15, 0.2) is 0 Å². The molecule has 0 aliphatic heterocycles. The zero-order valence-corrected chi connectivity index (χ0v) is 7.88. The lowest BCUT2D eigenvalue weighted by Gasteiger charge is -2.06. The van der Waals surface area contributed by atoms with Gasteiger partial charge in [0.25, 0.3) is 0 Å². The second-order valence-electron chi connectivity index (χ2n) is 2.95. The number of aryl methyl sites for hydroxylation is 1. The second kappa shape index (κ2) is 4.50. The largest absolute Gasteiger partial charge is 0.396 e. The second-order valence-corrected chi connectivity index (χ2v) is 2.95. The van der Waals surface area contributed by atoms with Crippen LogP contribution in [0.5, 0.6) is 0 Å². The van der Waals surface area contributed by atoms with E-state index in [1.165, 1.54) is 0 Å². The van der Waals surface area contributed by atoms with Crippen molar-refractivity contribution in [1.29, 1.82) is 0 Å². The van der Waals surface area contributed by atoms with E-state index in [-0.39, 0.29) is 0 Å². The van der Waals surface area contributed by atoms with E-state index in [1.54, 1.807) is 6.20 Å². The van der Waals surface area contributed by atoms with Crippen molar-refractivity contribution in [3.05, 3.63) is 30.5 Å². The van der Waals surface area contributed by atoms with E-state index in [4.69, 9.17) is 5.73 Å². The molecule has 1 heterocycles. The lowest BCUT2D eigenvalue weighted by Crippen LogP contribution is -2.05. The quantitative estimate of drug-likeness (QED) is 0.546. The summed E-state index contributed by atoms with van der Waals surface area (Å²) >= 11 is 0. The minimum atomic E-state index is 0.698. The third-order valence-electron chi connectivity index (χ3n) is 1.69. The van der Waals surface area contributed by atoms with Gasteiger partial charge in [0, 0.05) is 12.7 Å². The van der Waals surface area contributed by atoms with E-state index < -0.39 is 0 Å². The first-order valence-electron chi connectivity index (χ1n) is 4.31. The Morgan fingerprint density at radius 3 is 3.08 bits per heavy atom. The molecule has 0 saturated heterocycles. The predicted octanol–water partition coefficient (Wildman–Crippen LogP) is 1.96. The maximum atomic E-state index is 5.75. The molecule has 70 valence electrons. The monoisotopic (exact) mass is 177 g/mol. The van der Waals surface area contributed by atoms with Crippen molar-refractivity contribution < 1.29 is 0 Å². The van der Waals surface area contributed by atoms with E-state index in [0.717, 1.165) is 24.3 Å². The van der Waals surface area contributed by atoms with Gasteiger partial charge in [-0.05, 0) is 25.0 Å². The molecule has 3 heteroatoms. The van der Waals surface area contributed by atoms with E-state index in [0.29, 0.717) is 5.69 Å². The number of hydrogen-bond acceptors (Lipinski definition) is 3. The highest BCUT2D eigenvalue weighted by Gasteiger charge is 1.98. The van der Waals surface area contributed by atoms with Crippen molar-refractivity contribution >= 4 is 11.5 Å². The van der Waals surface area contributed by atoms with Crippen LogP contribution in [-0.2, 0) is 0 Å².